The summed E-state index contributed by atoms with van der Waals surface area (Å²) in [6.07, 6.45) is 3.08. The van der Waals surface area contributed by atoms with Crippen molar-refractivity contribution in [2.45, 2.75) is 17.9 Å². The summed E-state index contributed by atoms with van der Waals surface area (Å²) in [6, 6.07) is 8.81. The number of aryl methyl sites for hydroxylation is 1. The van der Waals surface area contributed by atoms with Gasteiger partial charge in [-0.1, -0.05) is 0 Å². The number of Topliss-reactive ketones (excluding diaryl/α,β-unsaturated/α-hetero) is 1. The Labute approximate surface area is 163 Å². The number of piperazine rings is 1. The third-order valence-electron chi connectivity index (χ3n) is 5.25. The number of likely N-dealkylation sites (N-methyl/N-ethyl adjacent to an activating group) is 1. The molecule has 0 bridgehead atoms. The number of ketones is 1. The Hall–Kier alpha value is -1.83. The quantitative estimate of drug-likeness (QED) is 0.735. The average Bonchev–Trinajstić information content (AvgIpc) is 3.06. The fourth-order valence-electron chi connectivity index (χ4n) is 3.83. The van der Waals surface area contributed by atoms with Gasteiger partial charge in [0.1, 0.15) is 11.5 Å². The van der Waals surface area contributed by atoms with Crippen LogP contribution < -0.4 is 4.90 Å². The summed E-state index contributed by atoms with van der Waals surface area (Å²) < 4.78 is 17.2. The summed E-state index contributed by atoms with van der Waals surface area (Å²) >= 11 is 1.65. The van der Waals surface area contributed by atoms with E-state index >= 15 is 0 Å². The molecule has 2 aliphatic heterocycles. The Morgan fingerprint density at radius 1 is 1.04 bits per heavy atom. The van der Waals surface area contributed by atoms with Crippen LogP contribution in [0, 0.1) is 5.82 Å². The molecule has 0 atom stereocenters. The number of hydrogen-bond donors (Lipinski definition) is 0. The highest BCUT2D eigenvalue weighted by molar-refractivity contribution is 7.97. The highest BCUT2D eigenvalue weighted by Gasteiger charge is 2.25. The maximum absolute atomic E-state index is 13.1. The lowest BCUT2D eigenvalue weighted by molar-refractivity contribution is 0.0959. The zero-order valence-electron chi connectivity index (χ0n) is 15.6. The van der Waals surface area contributed by atoms with Crippen molar-refractivity contribution in [3.63, 3.8) is 0 Å². The van der Waals surface area contributed by atoms with Crippen LogP contribution in [-0.4, -0.2) is 65.9 Å². The van der Waals surface area contributed by atoms with Gasteiger partial charge in [-0.25, -0.2) is 8.70 Å². The summed E-state index contributed by atoms with van der Waals surface area (Å²) in [4.78, 5) is 18.2. The van der Waals surface area contributed by atoms with Gasteiger partial charge in [-0.2, -0.15) is 0 Å². The lowest BCUT2D eigenvalue weighted by atomic mass is 10.2. The van der Waals surface area contributed by atoms with Crippen LogP contribution in [0.5, 0.6) is 0 Å². The Kier molecular flexibility index (Phi) is 5.52. The molecule has 5 nitrogen and oxygen atoms in total. The van der Waals surface area contributed by atoms with E-state index in [1.165, 1.54) is 12.1 Å². The molecule has 1 saturated heterocycles. The molecular weight excluding hydrogens is 363 g/mol. The molecule has 0 radical (unpaired) electrons. The van der Waals surface area contributed by atoms with Crippen LogP contribution in [0.25, 0.3) is 0 Å². The van der Waals surface area contributed by atoms with E-state index in [2.05, 4.69) is 20.4 Å². The zero-order chi connectivity index (χ0) is 18.8. The highest BCUT2D eigenvalue weighted by atomic mass is 32.2. The van der Waals surface area contributed by atoms with Gasteiger partial charge in [-0.3, -0.25) is 9.69 Å². The number of rotatable bonds is 5. The first kappa shape index (κ1) is 18.5. The van der Waals surface area contributed by atoms with E-state index in [1.807, 2.05) is 29.7 Å². The lowest BCUT2D eigenvalue weighted by Crippen LogP contribution is -2.46. The molecule has 3 heterocycles. The molecule has 2 aliphatic rings. The number of benzene rings is 1. The second-order valence-electron chi connectivity index (χ2n) is 7.18. The molecule has 144 valence electrons. The summed E-state index contributed by atoms with van der Waals surface area (Å²) in [5.41, 5.74) is 1.97. The van der Waals surface area contributed by atoms with E-state index in [4.69, 9.17) is 0 Å². The van der Waals surface area contributed by atoms with Gasteiger partial charge in [0.25, 0.3) is 0 Å². The summed E-state index contributed by atoms with van der Waals surface area (Å²) in [7, 11) is 1.95. The van der Waals surface area contributed by atoms with Crippen LogP contribution in [0.2, 0.25) is 0 Å². The van der Waals surface area contributed by atoms with E-state index in [0.717, 1.165) is 62.0 Å². The van der Waals surface area contributed by atoms with Gasteiger partial charge in [0.15, 0.2) is 5.78 Å². The smallest absolute Gasteiger partial charge is 0.195 e. The third kappa shape index (κ3) is 4.20. The first-order chi connectivity index (χ1) is 13.1. The standard InChI is InChI=1S/C20H25FN4OS/c1-22-15-18(26)20-19(27-22)7-10-25(20)9-2-8-23-11-13-24(14-12-23)17-5-3-16(21)4-6-17/h3-7,10H,2,8-9,11-15H2,1H3. The third-order valence-corrected chi connectivity index (χ3v) is 6.22. The largest absolute Gasteiger partial charge is 0.369 e. The van der Waals surface area contributed by atoms with Gasteiger partial charge >= 0.3 is 0 Å². The maximum Gasteiger partial charge on any atom is 0.195 e. The van der Waals surface area contributed by atoms with Gasteiger partial charge in [-0.05, 0) is 62.3 Å². The number of halogens is 1. The highest BCUT2D eigenvalue weighted by Crippen LogP contribution is 2.31. The molecule has 7 heteroatoms. The van der Waals surface area contributed by atoms with Crippen molar-refractivity contribution in [2.24, 2.45) is 0 Å². The Morgan fingerprint density at radius 3 is 2.52 bits per heavy atom. The van der Waals surface area contributed by atoms with Crippen LogP contribution in [-0.2, 0) is 6.54 Å². The number of nitrogens with zero attached hydrogens (tertiary/aromatic N) is 4. The van der Waals surface area contributed by atoms with E-state index in [1.54, 1.807) is 11.9 Å². The SMILES string of the molecule is CN1CC(=O)c2c(ccn2CCCN2CCN(c3ccc(F)cc3)CC2)S1. The summed E-state index contributed by atoms with van der Waals surface area (Å²) in [6.45, 7) is 6.35. The summed E-state index contributed by atoms with van der Waals surface area (Å²) in [5.74, 6) is 0.0253. The van der Waals surface area contributed by atoms with Crippen LogP contribution >= 0.6 is 11.9 Å². The van der Waals surface area contributed by atoms with Gasteiger partial charge in [0.2, 0.25) is 0 Å². The molecule has 0 unspecified atom stereocenters. The second-order valence-corrected chi connectivity index (χ2v) is 8.43. The second kappa shape index (κ2) is 8.04. The van der Waals surface area contributed by atoms with E-state index < -0.39 is 0 Å². The van der Waals surface area contributed by atoms with Gasteiger partial charge in [0.05, 0.1) is 11.4 Å². The van der Waals surface area contributed by atoms with E-state index in [9.17, 15) is 9.18 Å². The molecule has 0 saturated carbocycles. The number of carbonyl (C=O) groups excluding carboxylic acids is 1. The topological polar surface area (TPSA) is 31.7 Å². The molecule has 1 aromatic carbocycles. The monoisotopic (exact) mass is 388 g/mol. The van der Waals surface area contributed by atoms with Crippen molar-refractivity contribution < 1.29 is 9.18 Å². The first-order valence-electron chi connectivity index (χ1n) is 9.44. The number of carbonyl (C=O) groups is 1. The molecule has 2 aromatic rings. The van der Waals surface area contributed by atoms with Crippen molar-refractivity contribution in [3.05, 3.63) is 48.0 Å². The first-order valence-corrected chi connectivity index (χ1v) is 10.2. The minimum atomic E-state index is -0.187. The molecule has 0 amide bonds. The molecule has 0 spiro atoms. The Balaban J connectivity index is 1.25. The van der Waals surface area contributed by atoms with Crippen molar-refractivity contribution in [1.82, 2.24) is 13.8 Å². The van der Waals surface area contributed by atoms with E-state index in [-0.39, 0.29) is 11.6 Å². The number of anilines is 1. The predicted octanol–water partition coefficient (Wildman–Crippen LogP) is 2.97. The number of hydrogen-bond acceptors (Lipinski definition) is 5. The molecule has 1 fully saturated rings. The predicted molar refractivity (Wildman–Crippen MR) is 107 cm³/mol. The fourth-order valence-corrected chi connectivity index (χ4v) is 4.79. The lowest BCUT2D eigenvalue weighted by Gasteiger charge is -2.36. The molecule has 1 aromatic heterocycles. The fraction of sp³-hybridized carbons (Fsp3) is 0.450. The van der Waals surface area contributed by atoms with Crippen molar-refractivity contribution >= 4 is 23.4 Å². The molecular formula is C20H25FN4OS. The zero-order valence-corrected chi connectivity index (χ0v) is 16.4. The van der Waals surface area contributed by atoms with Crippen LogP contribution in [0.3, 0.4) is 0 Å². The van der Waals surface area contributed by atoms with Crippen molar-refractivity contribution in [1.29, 1.82) is 0 Å². The van der Waals surface area contributed by atoms with Crippen LogP contribution in [0.15, 0.2) is 41.4 Å². The maximum atomic E-state index is 13.1. The minimum absolute atomic E-state index is 0.187. The minimum Gasteiger partial charge on any atom is -0.369 e. The Bertz CT molecular complexity index is 799. The summed E-state index contributed by atoms with van der Waals surface area (Å²) in [5, 5.41) is 0. The normalized spacial score (nSPS) is 18.7. The number of fused-ring (bicyclic) bond motifs is 1. The van der Waals surface area contributed by atoms with Crippen molar-refractivity contribution in [2.75, 3.05) is 51.2 Å². The van der Waals surface area contributed by atoms with Gasteiger partial charge < -0.3 is 9.47 Å². The molecule has 4 rings (SSSR count). The van der Waals surface area contributed by atoms with Crippen LogP contribution in [0.4, 0.5) is 10.1 Å². The molecule has 0 N–H and O–H groups in total. The number of aromatic nitrogens is 1. The Morgan fingerprint density at radius 2 is 1.78 bits per heavy atom. The molecule has 27 heavy (non-hydrogen) atoms. The van der Waals surface area contributed by atoms with Crippen LogP contribution in [0.1, 0.15) is 16.9 Å². The van der Waals surface area contributed by atoms with Gasteiger partial charge in [-0.15, -0.1) is 0 Å². The van der Waals surface area contributed by atoms with Gasteiger partial charge in [0, 0.05) is 44.6 Å². The molecule has 0 aliphatic carbocycles. The van der Waals surface area contributed by atoms with E-state index in [0.29, 0.717) is 6.54 Å². The average molecular weight is 389 g/mol. The van der Waals surface area contributed by atoms with Crippen molar-refractivity contribution in [3.8, 4) is 0 Å².